The number of aryl methyl sites for hydroxylation is 1. The number of guanidine groups is 1. The van der Waals surface area contributed by atoms with Gasteiger partial charge in [0, 0.05) is 51.9 Å². The van der Waals surface area contributed by atoms with Crippen molar-refractivity contribution < 1.29 is 9.26 Å². The van der Waals surface area contributed by atoms with Gasteiger partial charge in [-0.3, -0.25) is 9.89 Å². The van der Waals surface area contributed by atoms with Gasteiger partial charge in [0.05, 0.1) is 12.8 Å². The van der Waals surface area contributed by atoms with Crippen molar-refractivity contribution in [3.63, 3.8) is 0 Å². The lowest BCUT2D eigenvalue weighted by molar-refractivity contribution is 0.169. The first-order valence-electron chi connectivity index (χ1n) is 10.9. The van der Waals surface area contributed by atoms with Crippen LogP contribution in [-0.4, -0.2) is 67.3 Å². The van der Waals surface area contributed by atoms with Crippen LogP contribution < -0.4 is 10.1 Å². The molecule has 0 spiro atoms. The zero-order valence-electron chi connectivity index (χ0n) is 19.1. The van der Waals surface area contributed by atoms with Crippen molar-refractivity contribution in [1.29, 1.82) is 0 Å². The van der Waals surface area contributed by atoms with Gasteiger partial charge < -0.3 is 19.5 Å². The van der Waals surface area contributed by atoms with Crippen LogP contribution in [0.2, 0.25) is 0 Å². The van der Waals surface area contributed by atoms with Gasteiger partial charge >= 0.3 is 0 Å². The Morgan fingerprint density at radius 2 is 1.94 bits per heavy atom. The molecule has 1 aromatic carbocycles. The average molecular weight is 541 g/mol. The number of benzene rings is 1. The zero-order chi connectivity index (χ0) is 21.3. The highest BCUT2D eigenvalue weighted by atomic mass is 127. The van der Waals surface area contributed by atoms with Gasteiger partial charge in [-0.2, -0.15) is 0 Å². The molecule has 1 N–H and O–H groups in total. The highest BCUT2D eigenvalue weighted by molar-refractivity contribution is 14.0. The molecule has 1 saturated heterocycles. The second-order valence-electron chi connectivity index (χ2n) is 7.89. The highest BCUT2D eigenvalue weighted by Crippen LogP contribution is 2.21. The molecule has 8 heteroatoms. The number of piperazine rings is 1. The van der Waals surface area contributed by atoms with Gasteiger partial charge in [0.15, 0.2) is 5.96 Å². The largest absolute Gasteiger partial charge is 0.497 e. The van der Waals surface area contributed by atoms with E-state index in [1.807, 2.05) is 25.1 Å². The molecular weight excluding hydrogens is 505 g/mol. The number of nitrogens with zero attached hydrogens (tertiary/aromatic N) is 4. The number of aromatic nitrogens is 1. The van der Waals surface area contributed by atoms with Crippen molar-refractivity contribution in [2.75, 3.05) is 46.4 Å². The monoisotopic (exact) mass is 541 g/mol. The second-order valence-corrected chi connectivity index (χ2v) is 7.89. The molecule has 0 amide bonds. The Morgan fingerprint density at radius 1 is 1.23 bits per heavy atom. The number of ether oxygens (including phenoxy) is 1. The molecular formula is C23H36IN5O2. The molecule has 2 aromatic rings. The van der Waals surface area contributed by atoms with Crippen molar-refractivity contribution in [2.45, 2.75) is 39.7 Å². The Balaban J connectivity index is 0.00000341. The minimum atomic E-state index is 0. The second kappa shape index (κ2) is 12.9. The van der Waals surface area contributed by atoms with Gasteiger partial charge in [-0.15, -0.1) is 24.0 Å². The van der Waals surface area contributed by atoms with Crippen LogP contribution in [0.4, 0.5) is 0 Å². The first kappa shape index (κ1) is 25.5. The molecule has 3 rings (SSSR count). The first-order chi connectivity index (χ1) is 14.6. The van der Waals surface area contributed by atoms with Crippen LogP contribution in [0.3, 0.4) is 0 Å². The summed E-state index contributed by atoms with van der Waals surface area (Å²) in [6, 6.07) is 10.4. The number of nitrogens with one attached hydrogen (secondary N) is 1. The summed E-state index contributed by atoms with van der Waals surface area (Å²) in [5.74, 6) is 3.26. The molecule has 172 valence electrons. The predicted molar refractivity (Wildman–Crippen MR) is 136 cm³/mol. The number of hydrogen-bond acceptors (Lipinski definition) is 5. The van der Waals surface area contributed by atoms with Crippen molar-refractivity contribution in [3.8, 4) is 5.75 Å². The van der Waals surface area contributed by atoms with Crippen molar-refractivity contribution in [3.05, 3.63) is 47.3 Å². The SMILES string of the molecule is CCNC(=NCCC(C)c1ccc(OC)cc1)N1CCN(Cc2cc(C)on2)CC1.I. The van der Waals surface area contributed by atoms with E-state index in [4.69, 9.17) is 14.3 Å². The van der Waals surface area contributed by atoms with E-state index in [2.05, 4.69) is 46.3 Å². The fourth-order valence-corrected chi connectivity index (χ4v) is 3.73. The highest BCUT2D eigenvalue weighted by Gasteiger charge is 2.20. The minimum absolute atomic E-state index is 0. The molecule has 1 aliphatic rings. The van der Waals surface area contributed by atoms with Crippen LogP contribution in [0, 0.1) is 6.92 Å². The van der Waals surface area contributed by atoms with Crippen molar-refractivity contribution >= 4 is 29.9 Å². The van der Waals surface area contributed by atoms with Gasteiger partial charge in [-0.05, 0) is 43.9 Å². The zero-order valence-corrected chi connectivity index (χ0v) is 21.5. The van der Waals surface area contributed by atoms with Crippen LogP contribution in [-0.2, 0) is 6.54 Å². The van der Waals surface area contributed by atoms with Gasteiger partial charge in [0.25, 0.3) is 0 Å². The Labute approximate surface area is 203 Å². The predicted octanol–water partition coefficient (Wildman–Crippen LogP) is 3.89. The summed E-state index contributed by atoms with van der Waals surface area (Å²) < 4.78 is 10.4. The lowest BCUT2D eigenvalue weighted by atomic mass is 9.98. The number of methoxy groups -OCH3 is 1. The van der Waals surface area contributed by atoms with E-state index >= 15 is 0 Å². The third-order valence-electron chi connectivity index (χ3n) is 5.58. The van der Waals surface area contributed by atoms with Gasteiger partial charge in [-0.25, -0.2) is 0 Å². The van der Waals surface area contributed by atoms with E-state index in [0.29, 0.717) is 5.92 Å². The maximum Gasteiger partial charge on any atom is 0.194 e. The first-order valence-corrected chi connectivity index (χ1v) is 10.9. The van der Waals surface area contributed by atoms with E-state index in [1.165, 1.54) is 5.56 Å². The number of hydrogen-bond donors (Lipinski definition) is 1. The molecule has 1 unspecified atom stereocenters. The van der Waals surface area contributed by atoms with E-state index in [1.54, 1.807) is 7.11 Å². The smallest absolute Gasteiger partial charge is 0.194 e. The topological polar surface area (TPSA) is 66.1 Å². The molecule has 0 bridgehead atoms. The van der Waals surface area contributed by atoms with E-state index in [9.17, 15) is 0 Å². The minimum Gasteiger partial charge on any atom is -0.497 e. The molecule has 1 fully saturated rings. The molecule has 1 aliphatic heterocycles. The third kappa shape index (κ3) is 7.68. The van der Waals surface area contributed by atoms with Gasteiger partial charge in [-0.1, -0.05) is 24.2 Å². The lowest BCUT2D eigenvalue weighted by Crippen LogP contribution is -2.52. The summed E-state index contributed by atoms with van der Waals surface area (Å²) in [6.07, 6.45) is 1.02. The Kier molecular flexibility index (Phi) is 10.6. The summed E-state index contributed by atoms with van der Waals surface area (Å²) in [5, 5.41) is 7.57. The summed E-state index contributed by atoms with van der Waals surface area (Å²) >= 11 is 0. The number of rotatable bonds is 8. The van der Waals surface area contributed by atoms with Crippen LogP contribution >= 0.6 is 24.0 Å². The van der Waals surface area contributed by atoms with E-state index in [-0.39, 0.29) is 24.0 Å². The van der Waals surface area contributed by atoms with Gasteiger partial charge in [0.2, 0.25) is 0 Å². The molecule has 0 aliphatic carbocycles. The van der Waals surface area contributed by atoms with Gasteiger partial charge in [0.1, 0.15) is 11.5 Å². The average Bonchev–Trinajstić information content (AvgIpc) is 3.18. The van der Waals surface area contributed by atoms with E-state index in [0.717, 1.165) is 75.4 Å². The molecule has 7 nitrogen and oxygen atoms in total. The fraction of sp³-hybridized carbons (Fsp3) is 0.565. The van der Waals surface area contributed by atoms with E-state index < -0.39 is 0 Å². The Hall–Kier alpha value is -1.81. The Bertz CT molecular complexity index is 801. The maximum absolute atomic E-state index is 5.25. The molecule has 1 atom stereocenters. The maximum atomic E-state index is 5.25. The van der Waals surface area contributed by atoms with Crippen molar-refractivity contribution in [2.24, 2.45) is 4.99 Å². The molecule has 2 heterocycles. The quantitative estimate of drug-likeness (QED) is 0.311. The molecule has 0 radical (unpaired) electrons. The third-order valence-corrected chi connectivity index (χ3v) is 5.58. The summed E-state index contributed by atoms with van der Waals surface area (Å²) in [4.78, 5) is 9.70. The lowest BCUT2D eigenvalue weighted by Gasteiger charge is -2.36. The van der Waals surface area contributed by atoms with Crippen LogP contribution in [0.5, 0.6) is 5.75 Å². The molecule has 1 aromatic heterocycles. The number of halogens is 1. The van der Waals surface area contributed by atoms with Crippen LogP contribution in [0.15, 0.2) is 39.8 Å². The van der Waals surface area contributed by atoms with Crippen LogP contribution in [0.25, 0.3) is 0 Å². The molecule has 31 heavy (non-hydrogen) atoms. The number of aliphatic imine (C=N–C) groups is 1. The summed E-state index contributed by atoms with van der Waals surface area (Å²) in [6.45, 7) is 12.8. The normalized spacial score (nSPS) is 16.0. The van der Waals surface area contributed by atoms with Crippen LogP contribution in [0.1, 0.15) is 43.2 Å². The Morgan fingerprint density at radius 3 is 2.52 bits per heavy atom. The van der Waals surface area contributed by atoms with Crippen molar-refractivity contribution in [1.82, 2.24) is 20.3 Å². The summed E-state index contributed by atoms with van der Waals surface area (Å²) in [7, 11) is 1.70. The summed E-state index contributed by atoms with van der Waals surface area (Å²) in [5.41, 5.74) is 2.33. The fourth-order valence-electron chi connectivity index (χ4n) is 3.73. The molecule has 0 saturated carbocycles. The standard InChI is InChI=1S/C23H35N5O2.HI/c1-5-24-23(25-11-10-18(2)20-6-8-22(29-4)9-7-20)28-14-12-27(13-15-28)17-21-16-19(3)30-26-21;/h6-9,16,18H,5,10-15,17H2,1-4H3,(H,24,25);1H.